The van der Waals surface area contributed by atoms with E-state index in [0.717, 1.165) is 24.4 Å². The maximum absolute atomic E-state index is 4.61. The third-order valence-corrected chi connectivity index (χ3v) is 3.10. The zero-order valence-electron chi connectivity index (χ0n) is 10.1. The smallest absolute Gasteiger partial charge is 0.0762 e. The van der Waals surface area contributed by atoms with E-state index in [2.05, 4.69) is 33.9 Å². The molecule has 1 aliphatic rings. The second-order valence-electron chi connectivity index (χ2n) is 4.79. The highest BCUT2D eigenvalue weighted by molar-refractivity contribution is 5.01. The molecule has 0 spiro atoms. The quantitative estimate of drug-likeness (QED) is 0.772. The minimum atomic E-state index is 0.648. The molecule has 0 saturated heterocycles. The molecule has 0 amide bonds. The Bertz CT molecular complexity index is 348. The molecule has 1 fully saturated rings. The number of aromatic nitrogens is 2. The van der Waals surface area contributed by atoms with Crippen LogP contribution in [0.5, 0.6) is 0 Å². The molecule has 0 atom stereocenters. The Morgan fingerprint density at radius 3 is 3.00 bits per heavy atom. The molecule has 88 valence electrons. The van der Waals surface area contributed by atoms with Crippen molar-refractivity contribution in [3.63, 3.8) is 0 Å². The molecular weight excluding hydrogens is 198 g/mol. The molecule has 0 bridgehead atoms. The molecule has 0 aliphatic heterocycles. The first-order valence-electron chi connectivity index (χ1n) is 6.15. The molecule has 1 aliphatic carbocycles. The number of nitrogens with zero attached hydrogens (tertiary/aromatic N) is 2. The summed E-state index contributed by atoms with van der Waals surface area (Å²) < 4.78 is 2.14. The minimum Gasteiger partial charge on any atom is -0.307 e. The van der Waals surface area contributed by atoms with E-state index in [9.17, 15) is 0 Å². The van der Waals surface area contributed by atoms with Gasteiger partial charge in [0, 0.05) is 19.3 Å². The van der Waals surface area contributed by atoms with Gasteiger partial charge in [0.1, 0.15) is 0 Å². The second-order valence-corrected chi connectivity index (χ2v) is 4.79. The molecule has 0 unspecified atom stereocenters. The number of nitrogens with one attached hydrogen (secondary N) is 1. The van der Waals surface area contributed by atoms with Crippen molar-refractivity contribution in [2.75, 3.05) is 6.54 Å². The van der Waals surface area contributed by atoms with Crippen molar-refractivity contribution in [1.29, 1.82) is 0 Å². The Morgan fingerprint density at radius 2 is 2.31 bits per heavy atom. The maximum atomic E-state index is 4.61. The van der Waals surface area contributed by atoms with E-state index < -0.39 is 0 Å². The first kappa shape index (κ1) is 11.4. The summed E-state index contributed by atoms with van der Waals surface area (Å²) in [6, 6.07) is 2.76. The zero-order valence-corrected chi connectivity index (χ0v) is 10.1. The first-order chi connectivity index (χ1) is 7.75. The normalized spacial score (nSPS) is 16.8. The summed E-state index contributed by atoms with van der Waals surface area (Å²) in [7, 11) is 0. The fourth-order valence-corrected chi connectivity index (χ4v) is 2.25. The van der Waals surface area contributed by atoms with Crippen LogP contribution in [0.3, 0.4) is 0 Å². The van der Waals surface area contributed by atoms with Gasteiger partial charge in [-0.3, -0.25) is 4.68 Å². The second kappa shape index (κ2) is 5.30. The predicted octanol–water partition coefficient (Wildman–Crippen LogP) is 2.66. The highest BCUT2D eigenvalue weighted by Crippen LogP contribution is 2.28. The van der Waals surface area contributed by atoms with Gasteiger partial charge in [0.15, 0.2) is 0 Å². The molecular formula is C13H21N3. The van der Waals surface area contributed by atoms with Gasteiger partial charge in [0.2, 0.25) is 0 Å². The highest BCUT2D eigenvalue weighted by atomic mass is 15.3. The van der Waals surface area contributed by atoms with Crippen LogP contribution in [0.1, 0.15) is 44.3 Å². The Kier molecular flexibility index (Phi) is 3.78. The van der Waals surface area contributed by atoms with Crippen molar-refractivity contribution in [3.8, 4) is 0 Å². The molecule has 2 rings (SSSR count). The Labute approximate surface area is 97.5 Å². The van der Waals surface area contributed by atoms with Crippen LogP contribution in [0.2, 0.25) is 0 Å². The molecule has 1 aromatic heterocycles. The van der Waals surface area contributed by atoms with Crippen LogP contribution in [-0.2, 0) is 6.54 Å². The summed E-state index contributed by atoms with van der Waals surface area (Å²) in [5, 5.41) is 7.94. The Balaban J connectivity index is 1.84. The number of hydrogen-bond acceptors (Lipinski definition) is 2. The standard InChI is InChI=1S/C13H21N3/c1-11(2)9-14-10-12-7-8-16(15-12)13-5-3-4-6-13/h7-8,13-14H,1,3-6,9-10H2,2H3. The van der Waals surface area contributed by atoms with E-state index in [0.29, 0.717) is 6.04 Å². The van der Waals surface area contributed by atoms with Gasteiger partial charge >= 0.3 is 0 Å². The van der Waals surface area contributed by atoms with Gasteiger partial charge in [0.05, 0.1) is 11.7 Å². The fraction of sp³-hybridized carbons (Fsp3) is 0.615. The summed E-state index contributed by atoms with van der Waals surface area (Å²) in [5.74, 6) is 0. The highest BCUT2D eigenvalue weighted by Gasteiger charge is 2.17. The molecule has 3 heteroatoms. The molecule has 1 heterocycles. The lowest BCUT2D eigenvalue weighted by Gasteiger charge is -2.08. The van der Waals surface area contributed by atoms with Gasteiger partial charge < -0.3 is 5.32 Å². The molecule has 0 radical (unpaired) electrons. The number of rotatable bonds is 5. The largest absolute Gasteiger partial charge is 0.307 e. The molecule has 1 saturated carbocycles. The van der Waals surface area contributed by atoms with E-state index in [1.807, 2.05) is 6.92 Å². The SMILES string of the molecule is C=C(C)CNCc1ccn(C2CCCC2)n1. The molecule has 1 N–H and O–H groups in total. The summed E-state index contributed by atoms with van der Waals surface area (Å²) in [4.78, 5) is 0. The maximum Gasteiger partial charge on any atom is 0.0762 e. The van der Waals surface area contributed by atoms with Crippen LogP contribution in [-0.4, -0.2) is 16.3 Å². The van der Waals surface area contributed by atoms with Gasteiger partial charge in [-0.25, -0.2) is 0 Å². The van der Waals surface area contributed by atoms with Crippen molar-refractivity contribution in [1.82, 2.24) is 15.1 Å². The summed E-state index contributed by atoms with van der Waals surface area (Å²) in [5.41, 5.74) is 2.29. The van der Waals surface area contributed by atoms with Gasteiger partial charge in [-0.1, -0.05) is 25.0 Å². The zero-order chi connectivity index (χ0) is 11.4. The van der Waals surface area contributed by atoms with Crippen LogP contribution in [0.25, 0.3) is 0 Å². The molecule has 16 heavy (non-hydrogen) atoms. The van der Waals surface area contributed by atoms with Crippen LogP contribution >= 0.6 is 0 Å². The third kappa shape index (κ3) is 2.95. The topological polar surface area (TPSA) is 29.9 Å². The van der Waals surface area contributed by atoms with Crippen LogP contribution in [0, 0.1) is 0 Å². The Hall–Kier alpha value is -1.09. The molecule has 1 aromatic rings. The monoisotopic (exact) mass is 219 g/mol. The fourth-order valence-electron chi connectivity index (χ4n) is 2.25. The Morgan fingerprint density at radius 1 is 1.56 bits per heavy atom. The van der Waals surface area contributed by atoms with E-state index in [-0.39, 0.29) is 0 Å². The molecule has 3 nitrogen and oxygen atoms in total. The van der Waals surface area contributed by atoms with Crippen molar-refractivity contribution in [3.05, 3.63) is 30.1 Å². The van der Waals surface area contributed by atoms with E-state index in [1.165, 1.54) is 25.7 Å². The van der Waals surface area contributed by atoms with Gasteiger partial charge in [-0.2, -0.15) is 5.10 Å². The van der Waals surface area contributed by atoms with E-state index >= 15 is 0 Å². The lowest BCUT2D eigenvalue weighted by atomic mass is 10.3. The predicted molar refractivity (Wildman–Crippen MR) is 66.3 cm³/mol. The summed E-state index contributed by atoms with van der Waals surface area (Å²) in [6.45, 7) is 7.61. The van der Waals surface area contributed by atoms with Crippen molar-refractivity contribution >= 4 is 0 Å². The molecule has 0 aromatic carbocycles. The minimum absolute atomic E-state index is 0.648. The number of hydrogen-bond donors (Lipinski definition) is 1. The van der Waals surface area contributed by atoms with Crippen LogP contribution in [0.4, 0.5) is 0 Å². The third-order valence-electron chi connectivity index (χ3n) is 3.10. The first-order valence-corrected chi connectivity index (χ1v) is 6.15. The van der Waals surface area contributed by atoms with Crippen molar-refractivity contribution in [2.45, 2.75) is 45.2 Å². The average molecular weight is 219 g/mol. The summed E-state index contributed by atoms with van der Waals surface area (Å²) >= 11 is 0. The lowest BCUT2D eigenvalue weighted by Crippen LogP contribution is -2.16. The van der Waals surface area contributed by atoms with Crippen LogP contribution < -0.4 is 5.32 Å². The van der Waals surface area contributed by atoms with Gasteiger partial charge in [-0.15, -0.1) is 0 Å². The lowest BCUT2D eigenvalue weighted by molar-refractivity contribution is 0.461. The van der Waals surface area contributed by atoms with Gasteiger partial charge in [0.25, 0.3) is 0 Å². The van der Waals surface area contributed by atoms with Crippen LogP contribution in [0.15, 0.2) is 24.4 Å². The average Bonchev–Trinajstić information content (AvgIpc) is 2.85. The summed E-state index contributed by atoms with van der Waals surface area (Å²) in [6.07, 6.45) is 7.41. The van der Waals surface area contributed by atoms with Crippen molar-refractivity contribution in [2.24, 2.45) is 0 Å². The van der Waals surface area contributed by atoms with Crippen molar-refractivity contribution < 1.29 is 0 Å². The van der Waals surface area contributed by atoms with Gasteiger partial charge in [-0.05, 0) is 25.8 Å². The van der Waals surface area contributed by atoms with E-state index in [4.69, 9.17) is 0 Å². The van der Waals surface area contributed by atoms with E-state index in [1.54, 1.807) is 0 Å².